The molecule has 2 saturated heterocycles. The van der Waals surface area contributed by atoms with Crippen molar-refractivity contribution in [3.63, 3.8) is 0 Å². The van der Waals surface area contributed by atoms with Crippen LogP contribution >= 0.6 is 0 Å². The highest BCUT2D eigenvalue weighted by atomic mass is 32.2. The summed E-state index contributed by atoms with van der Waals surface area (Å²) in [6, 6.07) is 0.171. The number of fused-ring (bicyclic) bond motifs is 1. The summed E-state index contributed by atoms with van der Waals surface area (Å²) in [4.78, 5) is 14.4. The number of carbonyl (C=O) groups excluding carboxylic acids is 1. The lowest BCUT2D eigenvalue weighted by atomic mass is 9.84. The van der Waals surface area contributed by atoms with E-state index in [-0.39, 0.29) is 17.9 Å². The van der Waals surface area contributed by atoms with Crippen molar-refractivity contribution < 1.29 is 13.2 Å². The van der Waals surface area contributed by atoms with E-state index in [0.29, 0.717) is 13.1 Å². The van der Waals surface area contributed by atoms with Gasteiger partial charge in [0.05, 0.1) is 0 Å². The maximum Gasteiger partial charge on any atom is 0.281 e. The zero-order valence-corrected chi connectivity index (χ0v) is 14.8. The molecule has 0 aromatic rings. The summed E-state index contributed by atoms with van der Waals surface area (Å²) in [5, 5.41) is 0. The number of nitrogens with zero attached hydrogens (tertiary/aromatic N) is 3. The molecule has 0 bridgehead atoms. The molecule has 0 aliphatic carbocycles. The Morgan fingerprint density at radius 2 is 1.91 bits per heavy atom. The second-order valence-corrected chi connectivity index (χ2v) is 8.52. The molecule has 0 spiro atoms. The van der Waals surface area contributed by atoms with E-state index < -0.39 is 10.2 Å². The molecule has 0 radical (unpaired) electrons. The molecular formula is C15H27N3O3S. The molecule has 0 aromatic carbocycles. The van der Waals surface area contributed by atoms with Crippen molar-refractivity contribution >= 4 is 16.1 Å². The van der Waals surface area contributed by atoms with Gasteiger partial charge in [-0.2, -0.15) is 17.0 Å². The van der Waals surface area contributed by atoms with Crippen molar-refractivity contribution in [1.82, 2.24) is 13.5 Å². The summed E-state index contributed by atoms with van der Waals surface area (Å²) in [6.07, 6.45) is 4.50. The number of piperidine rings is 2. The van der Waals surface area contributed by atoms with E-state index in [1.54, 1.807) is 18.4 Å². The Morgan fingerprint density at radius 1 is 1.23 bits per heavy atom. The Hall–Kier alpha value is -0.920. The molecule has 0 aromatic heterocycles. The van der Waals surface area contributed by atoms with Crippen LogP contribution in [0, 0.1) is 5.92 Å². The number of rotatable bonds is 3. The summed E-state index contributed by atoms with van der Waals surface area (Å²) in [5.74, 6) is 0.340. The van der Waals surface area contributed by atoms with Crippen LogP contribution in [0.4, 0.5) is 0 Å². The third-order valence-corrected chi connectivity index (χ3v) is 6.76. The first-order chi connectivity index (χ1) is 10.3. The van der Waals surface area contributed by atoms with Gasteiger partial charge >= 0.3 is 0 Å². The first kappa shape index (κ1) is 17.4. The molecule has 126 valence electrons. The lowest BCUT2D eigenvalue weighted by molar-refractivity contribution is -0.133. The molecule has 2 rings (SSSR count). The molecule has 1 amide bonds. The van der Waals surface area contributed by atoms with Gasteiger partial charge in [-0.1, -0.05) is 6.08 Å². The van der Waals surface area contributed by atoms with Gasteiger partial charge in [0.15, 0.2) is 0 Å². The van der Waals surface area contributed by atoms with Crippen molar-refractivity contribution in [2.45, 2.75) is 39.2 Å². The average molecular weight is 329 g/mol. The number of hydrogen-bond acceptors (Lipinski definition) is 3. The lowest BCUT2D eigenvalue weighted by Crippen LogP contribution is -2.57. The van der Waals surface area contributed by atoms with Gasteiger partial charge in [-0.05, 0) is 39.0 Å². The van der Waals surface area contributed by atoms with Gasteiger partial charge < -0.3 is 4.90 Å². The molecular weight excluding hydrogens is 302 g/mol. The Kier molecular flexibility index (Phi) is 5.29. The van der Waals surface area contributed by atoms with Crippen molar-refractivity contribution in [1.29, 1.82) is 0 Å². The third-order valence-electron chi connectivity index (χ3n) is 4.85. The molecule has 6 nitrogen and oxygen atoms in total. The van der Waals surface area contributed by atoms with E-state index in [2.05, 4.69) is 0 Å². The standard InChI is InChI=1S/C15H27N3O3S/c1-5-12(2)15(19)18-9-6-7-13-11-17(10-8-14(13)18)22(20,21)16(3)4/h5,13-14H,6-11H2,1-4H3/t13-,14+/m1/s1. The summed E-state index contributed by atoms with van der Waals surface area (Å²) >= 11 is 0. The van der Waals surface area contributed by atoms with Crippen molar-refractivity contribution in [2.75, 3.05) is 33.7 Å². The minimum atomic E-state index is -3.36. The molecule has 0 saturated carbocycles. The Labute approximate surface area is 133 Å². The highest BCUT2D eigenvalue weighted by molar-refractivity contribution is 7.86. The monoisotopic (exact) mass is 329 g/mol. The molecule has 2 fully saturated rings. The van der Waals surface area contributed by atoms with Gasteiger partial charge in [0.1, 0.15) is 0 Å². The topological polar surface area (TPSA) is 60.9 Å². The fourth-order valence-corrected chi connectivity index (χ4v) is 4.59. The van der Waals surface area contributed by atoms with Crippen LogP contribution in [0.15, 0.2) is 11.6 Å². The molecule has 7 heteroatoms. The smallest absolute Gasteiger partial charge is 0.281 e. The summed E-state index contributed by atoms with van der Waals surface area (Å²) in [7, 11) is -0.231. The molecule has 22 heavy (non-hydrogen) atoms. The number of likely N-dealkylation sites (tertiary alicyclic amines) is 1. The Morgan fingerprint density at radius 3 is 2.50 bits per heavy atom. The largest absolute Gasteiger partial charge is 0.336 e. The number of amides is 1. The fourth-order valence-electron chi connectivity index (χ4n) is 3.41. The number of carbonyl (C=O) groups is 1. The molecule has 0 unspecified atom stereocenters. The fraction of sp³-hybridized carbons (Fsp3) is 0.800. The van der Waals surface area contributed by atoms with Gasteiger partial charge in [0.2, 0.25) is 5.91 Å². The predicted molar refractivity (Wildman–Crippen MR) is 86.5 cm³/mol. The normalized spacial score (nSPS) is 27.9. The molecule has 2 atom stereocenters. The van der Waals surface area contributed by atoms with Gasteiger partial charge in [-0.15, -0.1) is 0 Å². The quantitative estimate of drug-likeness (QED) is 0.728. The second-order valence-electron chi connectivity index (χ2n) is 6.38. The van der Waals surface area contributed by atoms with Crippen LogP contribution in [0.1, 0.15) is 33.1 Å². The van der Waals surface area contributed by atoms with Gasteiger partial charge in [-0.25, -0.2) is 0 Å². The molecule has 2 heterocycles. The maximum absolute atomic E-state index is 12.5. The molecule has 2 aliphatic heterocycles. The first-order valence-electron chi connectivity index (χ1n) is 7.90. The summed E-state index contributed by atoms with van der Waals surface area (Å²) in [6.45, 7) is 5.51. The number of hydrogen-bond donors (Lipinski definition) is 0. The average Bonchev–Trinajstić information content (AvgIpc) is 2.52. The zero-order valence-electron chi connectivity index (χ0n) is 13.9. The van der Waals surface area contributed by atoms with Crippen molar-refractivity contribution in [3.8, 4) is 0 Å². The van der Waals surface area contributed by atoms with Crippen LogP contribution in [0.3, 0.4) is 0 Å². The minimum absolute atomic E-state index is 0.0983. The van der Waals surface area contributed by atoms with Crippen LogP contribution in [-0.4, -0.2) is 67.6 Å². The van der Waals surface area contributed by atoms with E-state index in [1.807, 2.05) is 24.8 Å². The van der Waals surface area contributed by atoms with E-state index in [0.717, 1.165) is 31.4 Å². The SMILES string of the molecule is CC=C(C)C(=O)N1CCC[C@@H]2CN(S(=O)(=O)N(C)C)CC[C@@H]21. The lowest BCUT2D eigenvalue weighted by Gasteiger charge is -2.47. The first-order valence-corrected chi connectivity index (χ1v) is 9.30. The Bertz CT molecular complexity index is 556. The molecule has 2 aliphatic rings. The minimum Gasteiger partial charge on any atom is -0.336 e. The van der Waals surface area contributed by atoms with Crippen LogP contribution in [-0.2, 0) is 15.0 Å². The van der Waals surface area contributed by atoms with E-state index in [1.165, 1.54) is 4.31 Å². The second kappa shape index (κ2) is 6.68. The van der Waals surface area contributed by atoms with E-state index in [4.69, 9.17) is 0 Å². The zero-order chi connectivity index (χ0) is 16.5. The Balaban J connectivity index is 2.14. The number of allylic oxidation sites excluding steroid dienone is 1. The highest BCUT2D eigenvalue weighted by Crippen LogP contribution is 2.32. The van der Waals surface area contributed by atoms with Gasteiger partial charge in [0, 0.05) is 45.3 Å². The van der Waals surface area contributed by atoms with Crippen molar-refractivity contribution in [3.05, 3.63) is 11.6 Å². The predicted octanol–water partition coefficient (Wildman–Crippen LogP) is 1.07. The highest BCUT2D eigenvalue weighted by Gasteiger charge is 2.41. The summed E-state index contributed by atoms with van der Waals surface area (Å²) < 4.78 is 27.4. The summed E-state index contributed by atoms with van der Waals surface area (Å²) in [5.41, 5.74) is 0.768. The maximum atomic E-state index is 12.5. The van der Waals surface area contributed by atoms with Crippen molar-refractivity contribution in [2.24, 2.45) is 5.92 Å². The van der Waals surface area contributed by atoms with Gasteiger partial charge in [-0.3, -0.25) is 4.79 Å². The molecule has 0 N–H and O–H groups in total. The van der Waals surface area contributed by atoms with E-state index >= 15 is 0 Å². The third kappa shape index (κ3) is 3.21. The van der Waals surface area contributed by atoms with Crippen LogP contribution in [0.25, 0.3) is 0 Å². The van der Waals surface area contributed by atoms with Crippen LogP contribution < -0.4 is 0 Å². The van der Waals surface area contributed by atoms with E-state index in [9.17, 15) is 13.2 Å². The van der Waals surface area contributed by atoms with Crippen LogP contribution in [0.5, 0.6) is 0 Å². The van der Waals surface area contributed by atoms with Crippen LogP contribution in [0.2, 0.25) is 0 Å². The van der Waals surface area contributed by atoms with Gasteiger partial charge in [0.25, 0.3) is 10.2 Å².